The highest BCUT2D eigenvalue weighted by atomic mass is 32.2. The molecule has 1 amide bonds. The highest BCUT2D eigenvalue weighted by Crippen LogP contribution is 2.32. The van der Waals surface area contributed by atoms with E-state index in [1.165, 1.54) is 0 Å². The molecule has 118 valence electrons. The van der Waals surface area contributed by atoms with Crippen LogP contribution in [0.5, 0.6) is 0 Å². The Morgan fingerprint density at radius 3 is 2.74 bits per heavy atom. The van der Waals surface area contributed by atoms with Crippen LogP contribution in [0.15, 0.2) is 52.9 Å². The molecule has 3 nitrogen and oxygen atoms in total. The van der Waals surface area contributed by atoms with E-state index in [1.54, 1.807) is 35.2 Å². The maximum Gasteiger partial charge on any atom is 0.255 e. The van der Waals surface area contributed by atoms with Gasteiger partial charge < -0.3 is 5.32 Å². The Morgan fingerprint density at radius 2 is 2.00 bits per heavy atom. The normalized spacial score (nSPS) is 11.1. The fraction of sp³-hybridized carbons (Fsp3) is 0.222. The molecular weight excluding hydrogens is 324 g/mol. The van der Waals surface area contributed by atoms with E-state index in [0.717, 1.165) is 26.0 Å². The van der Waals surface area contributed by atoms with Gasteiger partial charge >= 0.3 is 0 Å². The average molecular weight is 342 g/mol. The van der Waals surface area contributed by atoms with E-state index in [2.05, 4.69) is 24.1 Å². The van der Waals surface area contributed by atoms with Crippen LogP contribution in [0, 0.1) is 5.92 Å². The first kappa shape index (κ1) is 16.0. The number of fused-ring (bicyclic) bond motifs is 1. The summed E-state index contributed by atoms with van der Waals surface area (Å²) in [7, 11) is 0. The van der Waals surface area contributed by atoms with Gasteiger partial charge in [-0.1, -0.05) is 43.8 Å². The van der Waals surface area contributed by atoms with Crippen LogP contribution in [0.3, 0.4) is 0 Å². The van der Waals surface area contributed by atoms with E-state index in [-0.39, 0.29) is 5.91 Å². The molecule has 0 bridgehead atoms. The second-order valence-electron chi connectivity index (χ2n) is 5.69. The molecule has 2 aromatic carbocycles. The smallest absolute Gasteiger partial charge is 0.255 e. The number of nitrogens with zero attached hydrogens (tertiary/aromatic N) is 1. The van der Waals surface area contributed by atoms with E-state index >= 15 is 0 Å². The molecule has 1 N–H and O–H groups in total. The third-order valence-corrected chi connectivity index (χ3v) is 5.79. The lowest BCUT2D eigenvalue weighted by Crippen LogP contribution is -2.11. The Bertz CT molecular complexity index is 812. The minimum atomic E-state index is -0.0936. The number of anilines is 1. The summed E-state index contributed by atoms with van der Waals surface area (Å²) in [6, 6.07) is 15.1. The molecule has 1 heterocycles. The number of thiazole rings is 1. The first-order valence-corrected chi connectivity index (χ1v) is 9.32. The lowest BCUT2D eigenvalue weighted by atomic mass is 10.2. The lowest BCUT2D eigenvalue weighted by molar-refractivity contribution is 0.102. The Hall–Kier alpha value is -1.85. The predicted octanol–water partition coefficient (Wildman–Crippen LogP) is 5.30. The molecule has 0 saturated carbocycles. The van der Waals surface area contributed by atoms with Crippen molar-refractivity contribution < 1.29 is 4.79 Å². The first-order valence-electron chi connectivity index (χ1n) is 7.51. The molecule has 5 heteroatoms. The molecular formula is C18H18N2OS2. The van der Waals surface area contributed by atoms with Crippen LogP contribution in [0.1, 0.15) is 24.2 Å². The van der Waals surface area contributed by atoms with Crippen molar-refractivity contribution in [3.8, 4) is 0 Å². The molecule has 0 saturated heterocycles. The third-order valence-electron chi connectivity index (χ3n) is 3.20. The summed E-state index contributed by atoms with van der Waals surface area (Å²) in [6.45, 7) is 4.41. The Balaban J connectivity index is 1.76. The summed E-state index contributed by atoms with van der Waals surface area (Å²) in [6.07, 6.45) is 0. The summed E-state index contributed by atoms with van der Waals surface area (Å²) in [5, 5.41) is 2.94. The van der Waals surface area contributed by atoms with Crippen LogP contribution in [-0.4, -0.2) is 16.6 Å². The van der Waals surface area contributed by atoms with Gasteiger partial charge in [-0.2, -0.15) is 0 Å². The maximum absolute atomic E-state index is 12.2. The van der Waals surface area contributed by atoms with Crippen molar-refractivity contribution in [2.24, 2.45) is 5.92 Å². The van der Waals surface area contributed by atoms with Crippen molar-refractivity contribution >= 4 is 44.9 Å². The third kappa shape index (κ3) is 4.12. The molecule has 0 unspecified atom stereocenters. The molecule has 0 aliphatic heterocycles. The van der Waals surface area contributed by atoms with Gasteiger partial charge in [0, 0.05) is 17.0 Å². The molecule has 3 aromatic rings. The van der Waals surface area contributed by atoms with E-state index in [0.29, 0.717) is 11.5 Å². The topological polar surface area (TPSA) is 42.0 Å². The van der Waals surface area contributed by atoms with E-state index < -0.39 is 0 Å². The average Bonchev–Trinajstić information content (AvgIpc) is 2.96. The Labute approximate surface area is 144 Å². The zero-order valence-corrected chi connectivity index (χ0v) is 14.7. The molecule has 0 aliphatic carbocycles. The second-order valence-corrected chi connectivity index (χ2v) is 7.99. The number of rotatable bonds is 5. The minimum absolute atomic E-state index is 0.0936. The zero-order chi connectivity index (χ0) is 16.2. The summed E-state index contributed by atoms with van der Waals surface area (Å²) < 4.78 is 2.18. The van der Waals surface area contributed by atoms with Gasteiger partial charge in [-0.25, -0.2) is 4.98 Å². The number of thioether (sulfide) groups is 1. The summed E-state index contributed by atoms with van der Waals surface area (Å²) >= 11 is 3.47. The highest BCUT2D eigenvalue weighted by molar-refractivity contribution is 8.01. The van der Waals surface area contributed by atoms with E-state index in [4.69, 9.17) is 0 Å². The van der Waals surface area contributed by atoms with Crippen molar-refractivity contribution in [1.29, 1.82) is 0 Å². The summed E-state index contributed by atoms with van der Waals surface area (Å²) in [5.41, 5.74) is 2.44. The van der Waals surface area contributed by atoms with Gasteiger partial charge in [0.2, 0.25) is 0 Å². The van der Waals surface area contributed by atoms with Crippen molar-refractivity contribution in [2.45, 2.75) is 18.2 Å². The monoisotopic (exact) mass is 342 g/mol. The number of carbonyl (C=O) groups excluding carboxylic acids is 1. The van der Waals surface area contributed by atoms with Crippen LogP contribution in [0.4, 0.5) is 5.69 Å². The molecule has 0 atom stereocenters. The molecule has 0 spiro atoms. The van der Waals surface area contributed by atoms with Gasteiger partial charge in [-0.3, -0.25) is 4.79 Å². The van der Waals surface area contributed by atoms with Gasteiger partial charge in [-0.05, 0) is 36.2 Å². The van der Waals surface area contributed by atoms with Crippen molar-refractivity contribution in [2.75, 3.05) is 11.1 Å². The van der Waals surface area contributed by atoms with Crippen molar-refractivity contribution in [3.63, 3.8) is 0 Å². The molecule has 0 fully saturated rings. The van der Waals surface area contributed by atoms with Crippen molar-refractivity contribution in [3.05, 3.63) is 54.1 Å². The summed E-state index contributed by atoms with van der Waals surface area (Å²) in [5.74, 6) is 1.62. The molecule has 23 heavy (non-hydrogen) atoms. The molecule has 0 aliphatic rings. The van der Waals surface area contributed by atoms with Crippen LogP contribution >= 0.6 is 23.1 Å². The first-order chi connectivity index (χ1) is 11.1. The number of nitrogens with one attached hydrogen (secondary N) is 1. The highest BCUT2D eigenvalue weighted by Gasteiger charge is 2.09. The van der Waals surface area contributed by atoms with Crippen LogP contribution < -0.4 is 5.32 Å². The van der Waals surface area contributed by atoms with Gasteiger partial charge in [0.1, 0.15) is 0 Å². The maximum atomic E-state index is 12.2. The lowest BCUT2D eigenvalue weighted by Gasteiger charge is -2.04. The standard InChI is InChI=1S/C18H18N2OS2/c1-12(2)11-22-18-20-15-9-8-14(10-16(15)23-18)19-17(21)13-6-4-3-5-7-13/h3-10,12H,11H2,1-2H3,(H,19,21). The number of benzene rings is 2. The number of hydrogen-bond donors (Lipinski definition) is 1. The van der Waals surface area contributed by atoms with Gasteiger partial charge in [0.15, 0.2) is 4.34 Å². The van der Waals surface area contributed by atoms with E-state index in [1.807, 2.05) is 36.4 Å². The number of hydrogen-bond acceptors (Lipinski definition) is 4. The Kier molecular flexibility index (Phi) is 4.98. The number of carbonyl (C=O) groups is 1. The van der Waals surface area contributed by atoms with E-state index in [9.17, 15) is 4.79 Å². The van der Waals surface area contributed by atoms with Crippen LogP contribution in [-0.2, 0) is 0 Å². The largest absolute Gasteiger partial charge is 0.322 e. The van der Waals surface area contributed by atoms with Crippen LogP contribution in [0.25, 0.3) is 10.2 Å². The minimum Gasteiger partial charge on any atom is -0.322 e. The van der Waals surface area contributed by atoms with Gasteiger partial charge in [0.05, 0.1) is 10.2 Å². The van der Waals surface area contributed by atoms with Crippen LogP contribution in [0.2, 0.25) is 0 Å². The van der Waals surface area contributed by atoms with Gasteiger partial charge in [0.25, 0.3) is 5.91 Å². The molecule has 1 aromatic heterocycles. The summed E-state index contributed by atoms with van der Waals surface area (Å²) in [4.78, 5) is 16.8. The fourth-order valence-corrected chi connectivity index (χ4v) is 4.16. The quantitative estimate of drug-likeness (QED) is 0.640. The fourth-order valence-electron chi connectivity index (χ4n) is 2.07. The number of aromatic nitrogens is 1. The van der Waals surface area contributed by atoms with Gasteiger partial charge in [-0.15, -0.1) is 11.3 Å². The Morgan fingerprint density at radius 1 is 1.22 bits per heavy atom. The second kappa shape index (κ2) is 7.15. The molecule has 0 radical (unpaired) electrons. The molecule has 3 rings (SSSR count). The SMILES string of the molecule is CC(C)CSc1nc2ccc(NC(=O)c3ccccc3)cc2s1. The zero-order valence-electron chi connectivity index (χ0n) is 13.1. The number of amides is 1. The van der Waals surface area contributed by atoms with Crippen molar-refractivity contribution in [1.82, 2.24) is 4.98 Å². The predicted molar refractivity (Wildman–Crippen MR) is 99.6 cm³/mol.